The molecule has 1 unspecified atom stereocenters. The van der Waals surface area contributed by atoms with Crippen LogP contribution in [-0.2, 0) is 11.3 Å². The standard InChI is InChI=1S/C14H20N2OS/c1-10-4-12(9-18-10)7-15-6-11-5-14(17)16(8-11)13-2-3-13/h4,9,11,13,15H,2-3,5-8H2,1H3. The quantitative estimate of drug-likeness (QED) is 0.884. The van der Waals surface area contributed by atoms with E-state index in [2.05, 4.69) is 28.6 Å². The number of amides is 1. The number of rotatable bonds is 5. The molecule has 1 saturated heterocycles. The molecule has 18 heavy (non-hydrogen) atoms. The minimum Gasteiger partial charge on any atom is -0.339 e. The molecular formula is C14H20N2OS. The molecule has 1 aromatic heterocycles. The second-order valence-corrected chi connectivity index (χ2v) is 6.66. The third-order valence-corrected chi connectivity index (χ3v) is 4.68. The third kappa shape index (κ3) is 2.75. The molecule has 3 rings (SSSR count). The summed E-state index contributed by atoms with van der Waals surface area (Å²) in [4.78, 5) is 15.3. The predicted octanol–water partition coefficient (Wildman–Crippen LogP) is 2.16. The molecule has 98 valence electrons. The van der Waals surface area contributed by atoms with Crippen molar-refractivity contribution in [3.8, 4) is 0 Å². The van der Waals surface area contributed by atoms with Crippen LogP contribution < -0.4 is 5.32 Å². The zero-order valence-corrected chi connectivity index (χ0v) is 11.6. The maximum atomic E-state index is 11.8. The van der Waals surface area contributed by atoms with Crippen LogP contribution in [0.15, 0.2) is 11.4 Å². The van der Waals surface area contributed by atoms with Crippen molar-refractivity contribution in [3.63, 3.8) is 0 Å². The normalized spacial score (nSPS) is 23.9. The fourth-order valence-electron chi connectivity index (χ4n) is 2.70. The maximum Gasteiger partial charge on any atom is 0.223 e. The number of thiophene rings is 1. The van der Waals surface area contributed by atoms with Crippen LogP contribution in [0.2, 0.25) is 0 Å². The molecule has 2 fully saturated rings. The SMILES string of the molecule is Cc1cc(CNCC2CC(=O)N(C3CC3)C2)cs1. The van der Waals surface area contributed by atoms with Gasteiger partial charge in [0, 0.05) is 37.0 Å². The van der Waals surface area contributed by atoms with Crippen molar-refractivity contribution in [1.29, 1.82) is 0 Å². The lowest BCUT2D eigenvalue weighted by Crippen LogP contribution is -2.29. The van der Waals surface area contributed by atoms with Crippen LogP contribution in [0, 0.1) is 12.8 Å². The van der Waals surface area contributed by atoms with Crippen LogP contribution in [0.25, 0.3) is 0 Å². The second-order valence-electron chi connectivity index (χ2n) is 5.54. The highest BCUT2D eigenvalue weighted by molar-refractivity contribution is 7.10. The minimum absolute atomic E-state index is 0.371. The molecule has 1 aliphatic carbocycles. The Morgan fingerprint density at radius 3 is 3.00 bits per heavy atom. The largest absolute Gasteiger partial charge is 0.339 e. The molecule has 3 nitrogen and oxygen atoms in total. The van der Waals surface area contributed by atoms with Crippen molar-refractivity contribution in [1.82, 2.24) is 10.2 Å². The molecular weight excluding hydrogens is 244 g/mol. The molecule has 0 radical (unpaired) electrons. The summed E-state index contributed by atoms with van der Waals surface area (Å²) in [5.74, 6) is 0.883. The summed E-state index contributed by atoms with van der Waals surface area (Å²) in [5, 5.41) is 5.69. The van der Waals surface area contributed by atoms with Crippen molar-refractivity contribution in [2.24, 2.45) is 5.92 Å². The average molecular weight is 264 g/mol. The van der Waals surface area contributed by atoms with E-state index in [0.717, 1.165) is 26.1 Å². The van der Waals surface area contributed by atoms with Crippen molar-refractivity contribution in [3.05, 3.63) is 21.9 Å². The first-order valence-corrected chi connectivity index (χ1v) is 7.64. The van der Waals surface area contributed by atoms with Crippen LogP contribution >= 0.6 is 11.3 Å². The van der Waals surface area contributed by atoms with Gasteiger partial charge in [0.25, 0.3) is 0 Å². The van der Waals surface area contributed by atoms with E-state index in [0.29, 0.717) is 17.9 Å². The molecule has 1 aromatic rings. The summed E-state index contributed by atoms with van der Waals surface area (Å²) < 4.78 is 0. The monoisotopic (exact) mass is 264 g/mol. The number of hydrogen-bond acceptors (Lipinski definition) is 3. The molecule has 2 aliphatic rings. The van der Waals surface area contributed by atoms with Crippen LogP contribution in [0.4, 0.5) is 0 Å². The summed E-state index contributed by atoms with van der Waals surface area (Å²) in [6, 6.07) is 2.82. The Morgan fingerprint density at radius 1 is 1.50 bits per heavy atom. The van der Waals surface area contributed by atoms with E-state index in [4.69, 9.17) is 0 Å². The van der Waals surface area contributed by atoms with Gasteiger partial charge in [-0.1, -0.05) is 0 Å². The Kier molecular flexibility index (Phi) is 3.39. The van der Waals surface area contributed by atoms with Gasteiger partial charge < -0.3 is 10.2 Å². The van der Waals surface area contributed by atoms with Gasteiger partial charge in [0.1, 0.15) is 0 Å². The Labute approximate surface area is 112 Å². The number of nitrogens with zero attached hydrogens (tertiary/aromatic N) is 1. The zero-order valence-electron chi connectivity index (χ0n) is 10.8. The number of aryl methyl sites for hydroxylation is 1. The summed E-state index contributed by atoms with van der Waals surface area (Å²) in [5.41, 5.74) is 1.36. The van der Waals surface area contributed by atoms with E-state index in [1.165, 1.54) is 23.3 Å². The van der Waals surface area contributed by atoms with E-state index < -0.39 is 0 Å². The number of carbonyl (C=O) groups excluding carboxylic acids is 1. The van der Waals surface area contributed by atoms with Gasteiger partial charge in [-0.2, -0.15) is 0 Å². The van der Waals surface area contributed by atoms with Gasteiger partial charge in [0.05, 0.1) is 0 Å². The lowest BCUT2D eigenvalue weighted by atomic mass is 10.1. The zero-order chi connectivity index (χ0) is 12.5. The highest BCUT2D eigenvalue weighted by Gasteiger charge is 2.38. The van der Waals surface area contributed by atoms with Crippen LogP contribution in [0.3, 0.4) is 0 Å². The summed E-state index contributed by atoms with van der Waals surface area (Å²) in [6.45, 7) is 5.00. The maximum absolute atomic E-state index is 11.8. The van der Waals surface area contributed by atoms with Crippen molar-refractivity contribution < 1.29 is 4.79 Å². The number of carbonyl (C=O) groups is 1. The average Bonchev–Trinajstić information content (AvgIpc) is 3.00. The van der Waals surface area contributed by atoms with E-state index in [-0.39, 0.29) is 0 Å². The van der Waals surface area contributed by atoms with Crippen molar-refractivity contribution in [2.75, 3.05) is 13.1 Å². The van der Waals surface area contributed by atoms with Gasteiger partial charge in [0.2, 0.25) is 5.91 Å². The molecule has 2 heterocycles. The molecule has 0 aromatic carbocycles. The summed E-state index contributed by atoms with van der Waals surface area (Å²) in [6.07, 6.45) is 3.19. The highest BCUT2D eigenvalue weighted by Crippen LogP contribution is 2.32. The van der Waals surface area contributed by atoms with Gasteiger partial charge in [-0.3, -0.25) is 4.79 Å². The van der Waals surface area contributed by atoms with E-state index in [1.807, 2.05) is 0 Å². The van der Waals surface area contributed by atoms with Gasteiger partial charge in [-0.05, 0) is 42.7 Å². The Bertz CT molecular complexity index is 439. The topological polar surface area (TPSA) is 32.3 Å². The Hall–Kier alpha value is -0.870. The predicted molar refractivity (Wildman–Crippen MR) is 73.6 cm³/mol. The lowest BCUT2D eigenvalue weighted by Gasteiger charge is -2.15. The smallest absolute Gasteiger partial charge is 0.223 e. The van der Waals surface area contributed by atoms with Gasteiger partial charge in [-0.15, -0.1) is 11.3 Å². The fourth-order valence-corrected chi connectivity index (χ4v) is 3.40. The first-order chi connectivity index (χ1) is 8.72. The minimum atomic E-state index is 0.371. The van der Waals surface area contributed by atoms with Crippen molar-refractivity contribution in [2.45, 2.75) is 38.8 Å². The molecule has 1 atom stereocenters. The van der Waals surface area contributed by atoms with E-state index >= 15 is 0 Å². The molecule has 4 heteroatoms. The molecule has 0 bridgehead atoms. The van der Waals surface area contributed by atoms with Gasteiger partial charge in [0.15, 0.2) is 0 Å². The summed E-state index contributed by atoms with van der Waals surface area (Å²) in [7, 11) is 0. The van der Waals surface area contributed by atoms with Gasteiger partial charge in [-0.25, -0.2) is 0 Å². The first kappa shape index (κ1) is 12.2. The lowest BCUT2D eigenvalue weighted by molar-refractivity contribution is -0.128. The molecule has 1 saturated carbocycles. The fraction of sp³-hybridized carbons (Fsp3) is 0.643. The van der Waals surface area contributed by atoms with Gasteiger partial charge >= 0.3 is 0 Å². The van der Waals surface area contributed by atoms with Crippen LogP contribution in [-0.4, -0.2) is 29.9 Å². The Morgan fingerprint density at radius 2 is 2.33 bits per heavy atom. The van der Waals surface area contributed by atoms with E-state index in [9.17, 15) is 4.79 Å². The summed E-state index contributed by atoms with van der Waals surface area (Å²) >= 11 is 1.80. The number of likely N-dealkylation sites (tertiary alicyclic amines) is 1. The highest BCUT2D eigenvalue weighted by atomic mass is 32.1. The van der Waals surface area contributed by atoms with Crippen LogP contribution in [0.1, 0.15) is 29.7 Å². The molecule has 1 amide bonds. The van der Waals surface area contributed by atoms with Crippen LogP contribution in [0.5, 0.6) is 0 Å². The van der Waals surface area contributed by atoms with Crippen molar-refractivity contribution >= 4 is 17.2 Å². The third-order valence-electron chi connectivity index (χ3n) is 3.77. The second kappa shape index (κ2) is 5.02. The number of nitrogens with one attached hydrogen (secondary N) is 1. The molecule has 1 N–H and O–H groups in total. The molecule has 0 spiro atoms. The Balaban J connectivity index is 1.42. The molecule has 1 aliphatic heterocycles. The van der Waals surface area contributed by atoms with E-state index in [1.54, 1.807) is 11.3 Å². The number of hydrogen-bond donors (Lipinski definition) is 1. The first-order valence-electron chi connectivity index (χ1n) is 6.76.